The topological polar surface area (TPSA) is 68.0 Å². The van der Waals surface area contributed by atoms with Gasteiger partial charge in [0.1, 0.15) is 5.82 Å². The second-order valence-corrected chi connectivity index (χ2v) is 5.06. The number of nitrogens with one attached hydrogen (secondary N) is 1. The van der Waals surface area contributed by atoms with E-state index in [1.165, 1.54) is 12.1 Å². The summed E-state index contributed by atoms with van der Waals surface area (Å²) in [7, 11) is 0. The van der Waals surface area contributed by atoms with Crippen molar-refractivity contribution < 1.29 is 13.7 Å². The smallest absolute Gasteiger partial charge is 0.273 e. The van der Waals surface area contributed by atoms with Gasteiger partial charge < -0.3 is 9.84 Å². The lowest BCUT2D eigenvalue weighted by Gasteiger charge is -2.12. The number of aromatic nitrogens is 2. The summed E-state index contributed by atoms with van der Waals surface area (Å²) in [6.07, 6.45) is 3.28. The molecule has 2 heterocycles. The van der Waals surface area contributed by atoms with Crippen LogP contribution < -0.4 is 5.32 Å². The summed E-state index contributed by atoms with van der Waals surface area (Å²) in [5.41, 5.74) is 1.72. The van der Waals surface area contributed by atoms with Gasteiger partial charge in [0, 0.05) is 24.0 Å². The fourth-order valence-electron chi connectivity index (χ4n) is 2.13. The van der Waals surface area contributed by atoms with E-state index < -0.39 is 0 Å². The highest BCUT2D eigenvalue weighted by Crippen LogP contribution is 2.19. The van der Waals surface area contributed by atoms with Crippen molar-refractivity contribution in [3.05, 3.63) is 71.9 Å². The average Bonchev–Trinajstić information content (AvgIpc) is 3.06. The summed E-state index contributed by atoms with van der Waals surface area (Å²) >= 11 is 0. The molecule has 23 heavy (non-hydrogen) atoms. The quantitative estimate of drug-likeness (QED) is 0.802. The molecule has 5 nitrogen and oxygen atoms in total. The van der Waals surface area contributed by atoms with Crippen molar-refractivity contribution in [2.75, 3.05) is 0 Å². The molecule has 0 saturated carbocycles. The van der Waals surface area contributed by atoms with Crippen molar-refractivity contribution in [3.63, 3.8) is 0 Å². The summed E-state index contributed by atoms with van der Waals surface area (Å²) in [4.78, 5) is 16.2. The van der Waals surface area contributed by atoms with Gasteiger partial charge in [-0.05, 0) is 36.8 Å². The minimum atomic E-state index is -0.360. The van der Waals surface area contributed by atoms with Crippen molar-refractivity contribution in [3.8, 4) is 11.3 Å². The second kappa shape index (κ2) is 6.39. The van der Waals surface area contributed by atoms with E-state index in [0.29, 0.717) is 5.76 Å². The molecule has 0 aliphatic rings. The molecule has 6 heteroatoms. The van der Waals surface area contributed by atoms with Crippen molar-refractivity contribution in [1.29, 1.82) is 0 Å². The molecular weight excluding hydrogens is 297 g/mol. The highest BCUT2D eigenvalue weighted by molar-refractivity contribution is 5.93. The Hall–Kier alpha value is -3.02. The summed E-state index contributed by atoms with van der Waals surface area (Å²) in [6, 6.07) is 10.8. The lowest BCUT2D eigenvalue weighted by atomic mass is 10.1. The summed E-state index contributed by atoms with van der Waals surface area (Å²) in [5.74, 6) is -0.205. The van der Waals surface area contributed by atoms with E-state index in [9.17, 15) is 9.18 Å². The number of carbonyl (C=O) groups excluding carboxylic acids is 1. The van der Waals surface area contributed by atoms with Crippen LogP contribution in [0, 0.1) is 5.82 Å². The molecule has 1 atom stereocenters. The van der Waals surface area contributed by atoms with Crippen LogP contribution in [0.4, 0.5) is 4.39 Å². The zero-order valence-electron chi connectivity index (χ0n) is 12.4. The molecule has 1 N–H and O–H groups in total. The maximum atomic E-state index is 12.9. The van der Waals surface area contributed by atoms with Crippen LogP contribution in [0.5, 0.6) is 0 Å². The minimum absolute atomic E-state index is 0.179. The van der Waals surface area contributed by atoms with Gasteiger partial charge in [0.2, 0.25) is 0 Å². The number of pyridine rings is 1. The zero-order valence-corrected chi connectivity index (χ0v) is 12.4. The van der Waals surface area contributed by atoms with Gasteiger partial charge in [-0.15, -0.1) is 0 Å². The van der Waals surface area contributed by atoms with E-state index in [1.54, 1.807) is 36.7 Å². The van der Waals surface area contributed by atoms with Gasteiger partial charge in [0.05, 0.1) is 6.04 Å². The predicted octanol–water partition coefficient (Wildman–Crippen LogP) is 3.37. The number of amides is 1. The molecule has 0 aliphatic heterocycles. The Bertz CT molecular complexity index is 800. The summed E-state index contributed by atoms with van der Waals surface area (Å²) < 4.78 is 18.1. The standard InChI is InChI=1S/C17H14FN3O2/c1-11(12-4-6-14(18)7-5-12)20-17(22)15-9-16(23-21-15)13-3-2-8-19-10-13/h2-11H,1H3,(H,20,22). The first-order valence-corrected chi connectivity index (χ1v) is 7.07. The molecule has 1 unspecified atom stereocenters. The van der Waals surface area contributed by atoms with Gasteiger partial charge in [-0.3, -0.25) is 9.78 Å². The lowest BCUT2D eigenvalue weighted by molar-refractivity contribution is 0.0931. The third-order valence-electron chi connectivity index (χ3n) is 3.41. The zero-order chi connectivity index (χ0) is 16.2. The Balaban J connectivity index is 1.71. The number of halogens is 1. The Morgan fingerprint density at radius 2 is 2.04 bits per heavy atom. The van der Waals surface area contributed by atoms with Crippen LogP contribution in [0.3, 0.4) is 0 Å². The third kappa shape index (κ3) is 3.42. The Kier molecular flexibility index (Phi) is 4.14. The highest BCUT2D eigenvalue weighted by Gasteiger charge is 2.16. The van der Waals surface area contributed by atoms with Crippen molar-refractivity contribution >= 4 is 5.91 Å². The molecule has 0 aliphatic carbocycles. The monoisotopic (exact) mass is 311 g/mol. The molecule has 0 fully saturated rings. The molecule has 2 aromatic heterocycles. The van der Waals surface area contributed by atoms with E-state index >= 15 is 0 Å². The summed E-state index contributed by atoms with van der Waals surface area (Å²) in [6.45, 7) is 1.81. The SMILES string of the molecule is CC(NC(=O)c1cc(-c2cccnc2)on1)c1ccc(F)cc1. The predicted molar refractivity (Wildman–Crippen MR) is 82.0 cm³/mol. The van der Waals surface area contributed by atoms with Gasteiger partial charge in [0.25, 0.3) is 5.91 Å². The average molecular weight is 311 g/mol. The second-order valence-electron chi connectivity index (χ2n) is 5.06. The fourth-order valence-corrected chi connectivity index (χ4v) is 2.13. The van der Waals surface area contributed by atoms with Gasteiger partial charge in [-0.2, -0.15) is 0 Å². The maximum Gasteiger partial charge on any atom is 0.273 e. The molecule has 0 radical (unpaired) electrons. The largest absolute Gasteiger partial charge is 0.355 e. The molecule has 1 amide bonds. The molecule has 116 valence electrons. The van der Waals surface area contributed by atoms with E-state index in [1.807, 2.05) is 13.0 Å². The van der Waals surface area contributed by atoms with Crippen molar-refractivity contribution in [2.45, 2.75) is 13.0 Å². The van der Waals surface area contributed by atoms with Crippen LogP contribution >= 0.6 is 0 Å². The first-order chi connectivity index (χ1) is 11.1. The molecule has 1 aromatic carbocycles. The number of hydrogen-bond donors (Lipinski definition) is 1. The molecule has 3 aromatic rings. The van der Waals surface area contributed by atoms with Crippen LogP contribution in [0.15, 0.2) is 59.4 Å². The molecule has 3 rings (SSSR count). The Labute approximate surface area is 132 Å². The van der Waals surface area contributed by atoms with Gasteiger partial charge in [-0.25, -0.2) is 4.39 Å². The van der Waals surface area contributed by atoms with Gasteiger partial charge in [-0.1, -0.05) is 17.3 Å². The van der Waals surface area contributed by atoms with Crippen molar-refractivity contribution in [1.82, 2.24) is 15.5 Å². The summed E-state index contributed by atoms with van der Waals surface area (Å²) in [5, 5.41) is 6.58. The Morgan fingerprint density at radius 1 is 1.26 bits per heavy atom. The number of carbonyl (C=O) groups is 1. The van der Waals surface area contributed by atoms with E-state index in [4.69, 9.17) is 4.52 Å². The first kappa shape index (κ1) is 14.9. The van der Waals surface area contributed by atoms with Crippen LogP contribution in [-0.2, 0) is 0 Å². The first-order valence-electron chi connectivity index (χ1n) is 7.07. The Morgan fingerprint density at radius 3 is 2.74 bits per heavy atom. The fraction of sp³-hybridized carbons (Fsp3) is 0.118. The molecular formula is C17H14FN3O2. The van der Waals surface area contributed by atoms with E-state index in [-0.39, 0.29) is 23.5 Å². The molecule has 0 spiro atoms. The van der Waals surface area contributed by atoms with E-state index in [0.717, 1.165) is 11.1 Å². The molecule has 0 saturated heterocycles. The van der Waals surface area contributed by atoms with Crippen LogP contribution in [-0.4, -0.2) is 16.0 Å². The van der Waals surface area contributed by atoms with Gasteiger partial charge >= 0.3 is 0 Å². The number of benzene rings is 1. The van der Waals surface area contributed by atoms with Crippen LogP contribution in [0.2, 0.25) is 0 Å². The normalized spacial score (nSPS) is 11.9. The van der Waals surface area contributed by atoms with Crippen LogP contribution in [0.25, 0.3) is 11.3 Å². The number of hydrogen-bond acceptors (Lipinski definition) is 4. The van der Waals surface area contributed by atoms with E-state index in [2.05, 4.69) is 15.5 Å². The van der Waals surface area contributed by atoms with Crippen molar-refractivity contribution in [2.24, 2.45) is 0 Å². The lowest BCUT2D eigenvalue weighted by Crippen LogP contribution is -2.26. The minimum Gasteiger partial charge on any atom is -0.355 e. The van der Waals surface area contributed by atoms with Crippen LogP contribution in [0.1, 0.15) is 29.0 Å². The van der Waals surface area contributed by atoms with Gasteiger partial charge in [0.15, 0.2) is 11.5 Å². The number of nitrogens with zero attached hydrogens (tertiary/aromatic N) is 2. The highest BCUT2D eigenvalue weighted by atomic mass is 19.1. The number of rotatable bonds is 4. The maximum absolute atomic E-state index is 12.9. The molecule has 0 bridgehead atoms. The third-order valence-corrected chi connectivity index (χ3v) is 3.41.